The van der Waals surface area contributed by atoms with Crippen molar-refractivity contribution in [1.29, 1.82) is 0 Å². The Morgan fingerprint density at radius 2 is 1.71 bits per heavy atom. The normalized spacial score (nSPS) is 22.4. The van der Waals surface area contributed by atoms with Crippen LogP contribution in [0, 0.1) is 5.82 Å². The second-order valence-corrected chi connectivity index (χ2v) is 11.3. The molecule has 2 fully saturated rings. The van der Waals surface area contributed by atoms with Gasteiger partial charge in [0.15, 0.2) is 0 Å². The molecule has 3 aromatic carbocycles. The number of carbonyl (C=O) groups is 2. The third kappa shape index (κ3) is 6.29. The minimum Gasteiger partial charge on any atom is -0.508 e. The fraction of sp³-hybridized carbons (Fsp3) is 0.394. The van der Waals surface area contributed by atoms with Crippen LogP contribution < -0.4 is 0 Å². The highest BCUT2D eigenvalue weighted by Gasteiger charge is 2.37. The highest BCUT2D eigenvalue weighted by Crippen LogP contribution is 2.35. The van der Waals surface area contributed by atoms with Gasteiger partial charge in [-0.3, -0.25) is 14.6 Å². The molecule has 3 aromatic rings. The monoisotopic (exact) mass is 559 g/mol. The molecular formula is C33H38FN3O4. The van der Waals surface area contributed by atoms with Gasteiger partial charge in [-0.2, -0.15) is 0 Å². The fourth-order valence-corrected chi connectivity index (χ4v) is 6.34. The molecule has 8 heteroatoms. The first-order valence-electron chi connectivity index (χ1n) is 14.3. The summed E-state index contributed by atoms with van der Waals surface area (Å²) in [5, 5.41) is 10.4. The van der Waals surface area contributed by atoms with Gasteiger partial charge in [0.2, 0.25) is 0 Å². The first-order valence-corrected chi connectivity index (χ1v) is 14.3. The molecule has 1 amide bonds. The second-order valence-electron chi connectivity index (χ2n) is 11.3. The number of aromatic hydroxyl groups is 1. The van der Waals surface area contributed by atoms with E-state index in [0.717, 1.165) is 36.2 Å². The van der Waals surface area contributed by atoms with E-state index in [1.165, 1.54) is 13.2 Å². The lowest BCUT2D eigenvalue weighted by molar-refractivity contribution is -0.145. The van der Waals surface area contributed by atoms with Crippen LogP contribution in [0.5, 0.6) is 5.75 Å². The van der Waals surface area contributed by atoms with E-state index in [1.54, 1.807) is 35.2 Å². The number of phenolic OH excluding ortho intramolecular Hbond substituents is 1. The number of methoxy groups -OCH3 is 1. The number of phenols is 1. The van der Waals surface area contributed by atoms with Crippen molar-refractivity contribution in [2.45, 2.75) is 57.4 Å². The average molecular weight is 560 g/mol. The number of esters is 1. The molecule has 41 heavy (non-hydrogen) atoms. The number of halogens is 1. The summed E-state index contributed by atoms with van der Waals surface area (Å²) >= 11 is 0. The Morgan fingerprint density at radius 3 is 2.44 bits per heavy atom. The second kappa shape index (κ2) is 12.4. The molecule has 0 saturated carbocycles. The molecule has 2 saturated heterocycles. The maximum Gasteiger partial charge on any atom is 0.328 e. The van der Waals surface area contributed by atoms with Crippen molar-refractivity contribution in [2.24, 2.45) is 0 Å². The molecule has 7 nitrogen and oxygen atoms in total. The molecule has 0 spiro atoms. The van der Waals surface area contributed by atoms with Crippen molar-refractivity contribution in [1.82, 2.24) is 14.7 Å². The molecule has 0 bridgehead atoms. The number of ether oxygens (including phenoxy) is 1. The molecule has 2 aliphatic heterocycles. The third-order valence-corrected chi connectivity index (χ3v) is 8.39. The molecule has 216 valence electrons. The number of rotatable bonds is 7. The summed E-state index contributed by atoms with van der Waals surface area (Å²) in [5.74, 6) is -0.616. The zero-order valence-electron chi connectivity index (χ0n) is 23.9. The van der Waals surface area contributed by atoms with E-state index in [4.69, 9.17) is 4.74 Å². The van der Waals surface area contributed by atoms with Crippen LogP contribution in [0.1, 0.15) is 59.8 Å². The number of amides is 1. The summed E-state index contributed by atoms with van der Waals surface area (Å²) in [5.41, 5.74) is 3.34. The van der Waals surface area contributed by atoms with Gasteiger partial charge in [0.1, 0.15) is 17.6 Å². The van der Waals surface area contributed by atoms with Gasteiger partial charge in [-0.15, -0.1) is 0 Å². The molecule has 1 unspecified atom stereocenters. The van der Waals surface area contributed by atoms with Crippen LogP contribution in [-0.2, 0) is 16.1 Å². The fourth-order valence-electron chi connectivity index (χ4n) is 6.34. The van der Waals surface area contributed by atoms with E-state index >= 15 is 0 Å². The van der Waals surface area contributed by atoms with E-state index in [9.17, 15) is 19.1 Å². The van der Waals surface area contributed by atoms with E-state index in [0.29, 0.717) is 25.1 Å². The van der Waals surface area contributed by atoms with E-state index in [2.05, 4.69) is 23.6 Å². The summed E-state index contributed by atoms with van der Waals surface area (Å²) in [6.07, 6.45) is 1.35. The van der Waals surface area contributed by atoms with Gasteiger partial charge in [0, 0.05) is 43.8 Å². The lowest BCUT2D eigenvalue weighted by Crippen LogP contribution is -2.56. The Hall–Kier alpha value is -3.75. The minimum atomic E-state index is -0.565. The smallest absolute Gasteiger partial charge is 0.328 e. The predicted molar refractivity (Wildman–Crippen MR) is 155 cm³/mol. The third-order valence-electron chi connectivity index (χ3n) is 8.39. The highest BCUT2D eigenvalue weighted by atomic mass is 19.1. The summed E-state index contributed by atoms with van der Waals surface area (Å²) in [6, 6.07) is 21.2. The Labute approximate surface area is 241 Å². The number of piperazine rings is 1. The Morgan fingerprint density at radius 1 is 0.976 bits per heavy atom. The van der Waals surface area contributed by atoms with E-state index in [-0.39, 0.29) is 41.6 Å². The van der Waals surface area contributed by atoms with Crippen LogP contribution in [0.2, 0.25) is 0 Å². The standard InChI is InChI=1S/C33H38FN3O4/c1-22-20-37(23(2)19-35(22)21-24-8-4-12-28(34)16-24)31(26-10-6-13-29(38)18-26)25-9-5-11-27(17-25)32(39)36-15-7-14-30(36)33(40)41-3/h4-6,8-13,16-18,22-23,30-31,38H,7,14-15,19-21H2,1-3H3/t22-,23+,30+,31?/m1/s1. The quantitative estimate of drug-likeness (QED) is 0.411. The number of hydrogen-bond donors (Lipinski definition) is 1. The maximum absolute atomic E-state index is 13.8. The zero-order valence-corrected chi connectivity index (χ0v) is 23.9. The number of carbonyl (C=O) groups excluding carboxylic acids is 2. The van der Waals surface area contributed by atoms with Crippen LogP contribution in [-0.4, -0.2) is 76.6 Å². The summed E-state index contributed by atoms with van der Waals surface area (Å²) in [6.45, 7) is 7.06. The molecule has 0 radical (unpaired) electrons. The van der Waals surface area contributed by atoms with E-state index in [1.807, 2.05) is 36.4 Å². The summed E-state index contributed by atoms with van der Waals surface area (Å²) in [4.78, 5) is 32.3. The molecule has 0 aliphatic carbocycles. The van der Waals surface area contributed by atoms with Crippen LogP contribution in [0.4, 0.5) is 4.39 Å². The van der Waals surface area contributed by atoms with Crippen molar-refractivity contribution in [3.05, 3.63) is 101 Å². The maximum atomic E-state index is 13.8. The zero-order chi connectivity index (χ0) is 29.1. The number of likely N-dealkylation sites (tertiary alicyclic amines) is 1. The predicted octanol–water partition coefficient (Wildman–Crippen LogP) is 4.99. The van der Waals surface area contributed by atoms with Crippen molar-refractivity contribution in [3.8, 4) is 5.75 Å². The largest absolute Gasteiger partial charge is 0.508 e. The van der Waals surface area contributed by atoms with Gasteiger partial charge in [0.05, 0.1) is 13.2 Å². The lowest BCUT2D eigenvalue weighted by atomic mass is 9.92. The van der Waals surface area contributed by atoms with Crippen molar-refractivity contribution in [3.63, 3.8) is 0 Å². The number of hydrogen-bond acceptors (Lipinski definition) is 6. The molecule has 0 aromatic heterocycles. The average Bonchev–Trinajstić information content (AvgIpc) is 3.45. The van der Waals surface area contributed by atoms with Crippen molar-refractivity contribution in [2.75, 3.05) is 26.7 Å². The van der Waals surface area contributed by atoms with Gasteiger partial charge in [-0.05, 0) is 79.8 Å². The van der Waals surface area contributed by atoms with Gasteiger partial charge in [0.25, 0.3) is 5.91 Å². The Bertz CT molecular complexity index is 1400. The summed E-state index contributed by atoms with van der Waals surface area (Å²) in [7, 11) is 1.35. The first kappa shape index (κ1) is 28.8. The number of nitrogens with zero attached hydrogens (tertiary/aromatic N) is 3. The van der Waals surface area contributed by atoms with Gasteiger partial charge < -0.3 is 14.7 Å². The van der Waals surface area contributed by atoms with Gasteiger partial charge in [-0.1, -0.05) is 36.4 Å². The lowest BCUT2D eigenvalue weighted by Gasteiger charge is -2.47. The molecule has 5 rings (SSSR count). The molecule has 1 N–H and O–H groups in total. The van der Waals surface area contributed by atoms with Crippen LogP contribution in [0.3, 0.4) is 0 Å². The SMILES string of the molecule is COC(=O)[C@@H]1CCCN1C(=O)c1cccc(C(c2cccc(O)c2)N2C[C@@H](C)N(Cc3cccc(F)c3)C[C@@H]2C)c1. The highest BCUT2D eigenvalue weighted by molar-refractivity contribution is 5.97. The minimum absolute atomic E-state index is 0.133. The molecular weight excluding hydrogens is 521 g/mol. The van der Waals surface area contributed by atoms with E-state index < -0.39 is 6.04 Å². The molecule has 2 aliphatic rings. The Balaban J connectivity index is 1.44. The van der Waals surface area contributed by atoms with Crippen molar-refractivity contribution < 1.29 is 23.8 Å². The first-order chi connectivity index (χ1) is 19.7. The topological polar surface area (TPSA) is 73.3 Å². The van der Waals surface area contributed by atoms with Crippen molar-refractivity contribution >= 4 is 11.9 Å². The molecule has 4 atom stereocenters. The summed E-state index contributed by atoms with van der Waals surface area (Å²) < 4.78 is 18.8. The number of benzene rings is 3. The van der Waals surface area contributed by atoms with Crippen LogP contribution in [0.25, 0.3) is 0 Å². The Kier molecular flexibility index (Phi) is 8.71. The van der Waals surface area contributed by atoms with Gasteiger partial charge >= 0.3 is 5.97 Å². The van der Waals surface area contributed by atoms with Crippen LogP contribution in [0.15, 0.2) is 72.8 Å². The van der Waals surface area contributed by atoms with Gasteiger partial charge in [-0.25, -0.2) is 9.18 Å². The molecule has 2 heterocycles. The van der Waals surface area contributed by atoms with Crippen LogP contribution >= 0.6 is 0 Å².